The monoisotopic (exact) mass is 154 g/mol. The zero-order chi connectivity index (χ0) is 7.44. The molecule has 0 N–H and O–H groups in total. The Morgan fingerprint density at radius 3 is 1.45 bits per heavy atom. The largest absolute Gasteiger partial charge is 0.0961 e. The van der Waals surface area contributed by atoms with Crippen molar-refractivity contribution in [2.45, 2.75) is 35.6 Å². The van der Waals surface area contributed by atoms with Gasteiger partial charge in [-0.05, 0) is 26.3 Å². The fourth-order valence-corrected chi connectivity index (χ4v) is 0.493. The molecular weight excluding hydrogens is 132 g/mol. The number of hydrogen-bond donors (Lipinski definition) is 0. The lowest BCUT2D eigenvalue weighted by molar-refractivity contribution is 1.34. The van der Waals surface area contributed by atoms with Crippen LogP contribution in [-0.2, 0) is 0 Å². The van der Waals surface area contributed by atoms with Crippen LogP contribution in [0.25, 0.3) is 0 Å². The molecular formula is C11H22. The number of hydrogen-bond acceptors (Lipinski definition) is 0. The Labute approximate surface area is 72.3 Å². The summed E-state index contributed by atoms with van der Waals surface area (Å²) in [6.07, 6.45) is 2.03. The predicted octanol–water partition coefficient (Wildman–Crippen LogP) is 4.36. The van der Waals surface area contributed by atoms with E-state index in [1.165, 1.54) is 5.57 Å². The lowest BCUT2D eigenvalue weighted by Gasteiger charge is -1.96. The molecule has 0 rings (SSSR count). The van der Waals surface area contributed by atoms with Crippen LogP contribution in [0.4, 0.5) is 0 Å². The Kier molecular flexibility index (Phi) is 11.1. The highest BCUT2D eigenvalue weighted by Crippen LogP contribution is 2.07. The number of allylic oxidation sites excluding steroid dienone is 4. The molecule has 0 aromatic rings. The quantitative estimate of drug-likeness (QED) is 0.518. The van der Waals surface area contributed by atoms with E-state index in [0.717, 1.165) is 11.1 Å². The predicted molar refractivity (Wildman–Crippen MR) is 56.8 cm³/mol. The van der Waals surface area contributed by atoms with Crippen molar-refractivity contribution in [3.63, 3.8) is 0 Å². The summed E-state index contributed by atoms with van der Waals surface area (Å²) in [5.74, 6) is 0. The Morgan fingerprint density at radius 2 is 1.36 bits per heavy atom. The zero-order valence-corrected chi connectivity index (χ0v) is 6.49. The van der Waals surface area contributed by atoms with Gasteiger partial charge in [0.25, 0.3) is 0 Å². The average molecular weight is 154 g/mol. The van der Waals surface area contributed by atoms with Crippen LogP contribution < -0.4 is 0 Å². The second-order valence-corrected chi connectivity index (χ2v) is 2.45. The van der Waals surface area contributed by atoms with E-state index in [9.17, 15) is 0 Å². The molecule has 0 nitrogen and oxygen atoms in total. The summed E-state index contributed by atoms with van der Waals surface area (Å²) in [6, 6.07) is 0. The van der Waals surface area contributed by atoms with Crippen LogP contribution in [0.15, 0.2) is 36.0 Å². The maximum absolute atomic E-state index is 3.80. The van der Waals surface area contributed by atoms with Crippen molar-refractivity contribution in [2.75, 3.05) is 0 Å². The number of rotatable bonds is 2. The minimum absolute atomic E-state index is 0. The van der Waals surface area contributed by atoms with E-state index in [1.54, 1.807) is 0 Å². The molecule has 0 saturated carbocycles. The third-order valence-corrected chi connectivity index (χ3v) is 1.14. The summed E-state index contributed by atoms with van der Waals surface area (Å²) < 4.78 is 0. The minimum Gasteiger partial charge on any atom is -0.0961 e. The SMILES string of the molecule is C.C.C=C(C)/C=C(/C)C(=C)C. The summed E-state index contributed by atoms with van der Waals surface area (Å²) in [5, 5.41) is 0. The van der Waals surface area contributed by atoms with E-state index >= 15 is 0 Å². The second kappa shape index (κ2) is 7.33. The Balaban J connectivity index is -0.000000320. The first-order valence-corrected chi connectivity index (χ1v) is 3.03. The topological polar surface area (TPSA) is 0 Å². The molecule has 0 atom stereocenters. The molecule has 11 heavy (non-hydrogen) atoms. The Hall–Kier alpha value is -0.780. The van der Waals surface area contributed by atoms with Gasteiger partial charge in [0.05, 0.1) is 0 Å². The molecule has 0 aromatic carbocycles. The normalized spacial score (nSPS) is 9.18. The van der Waals surface area contributed by atoms with Gasteiger partial charge in [-0.3, -0.25) is 0 Å². The molecule has 0 amide bonds. The molecule has 0 heteroatoms. The molecule has 0 radical (unpaired) electrons. The Bertz CT molecular complexity index is 159. The lowest BCUT2D eigenvalue weighted by atomic mass is 10.1. The van der Waals surface area contributed by atoms with Crippen molar-refractivity contribution < 1.29 is 0 Å². The highest BCUT2D eigenvalue weighted by Gasteiger charge is 1.86. The maximum Gasteiger partial charge on any atom is -0.0395 e. The smallest absolute Gasteiger partial charge is 0.0395 e. The second-order valence-electron chi connectivity index (χ2n) is 2.45. The van der Waals surface area contributed by atoms with Crippen molar-refractivity contribution in [1.82, 2.24) is 0 Å². The summed E-state index contributed by atoms with van der Waals surface area (Å²) in [6.45, 7) is 13.6. The molecule has 0 heterocycles. The van der Waals surface area contributed by atoms with Gasteiger partial charge in [-0.2, -0.15) is 0 Å². The van der Waals surface area contributed by atoms with Crippen molar-refractivity contribution >= 4 is 0 Å². The van der Waals surface area contributed by atoms with Crippen LogP contribution in [0.1, 0.15) is 35.6 Å². The minimum atomic E-state index is 0. The molecule has 0 saturated heterocycles. The molecule has 0 bridgehead atoms. The van der Waals surface area contributed by atoms with Gasteiger partial charge in [0.15, 0.2) is 0 Å². The fraction of sp³-hybridized carbons (Fsp3) is 0.455. The van der Waals surface area contributed by atoms with Crippen LogP contribution in [0.2, 0.25) is 0 Å². The van der Waals surface area contributed by atoms with E-state index in [2.05, 4.69) is 13.2 Å². The summed E-state index contributed by atoms with van der Waals surface area (Å²) in [5.41, 5.74) is 3.40. The highest BCUT2D eigenvalue weighted by atomic mass is 13.9. The zero-order valence-electron chi connectivity index (χ0n) is 6.49. The molecule has 66 valence electrons. The first-order valence-electron chi connectivity index (χ1n) is 3.03. The van der Waals surface area contributed by atoms with Crippen LogP contribution in [0, 0.1) is 0 Å². The molecule has 0 unspecified atom stereocenters. The van der Waals surface area contributed by atoms with Gasteiger partial charge in [-0.25, -0.2) is 0 Å². The van der Waals surface area contributed by atoms with Gasteiger partial charge >= 0.3 is 0 Å². The van der Waals surface area contributed by atoms with E-state index in [-0.39, 0.29) is 14.9 Å². The molecule has 0 aromatic heterocycles. The van der Waals surface area contributed by atoms with E-state index in [0.29, 0.717) is 0 Å². The molecule has 0 aliphatic heterocycles. The van der Waals surface area contributed by atoms with E-state index in [4.69, 9.17) is 0 Å². The average Bonchev–Trinajstić information content (AvgIpc) is 1.63. The van der Waals surface area contributed by atoms with Gasteiger partial charge in [0.2, 0.25) is 0 Å². The Morgan fingerprint density at radius 1 is 1.00 bits per heavy atom. The third kappa shape index (κ3) is 9.22. The van der Waals surface area contributed by atoms with Crippen molar-refractivity contribution in [1.29, 1.82) is 0 Å². The highest BCUT2D eigenvalue weighted by molar-refractivity contribution is 5.30. The van der Waals surface area contributed by atoms with Crippen molar-refractivity contribution in [3.8, 4) is 0 Å². The lowest BCUT2D eigenvalue weighted by Crippen LogP contribution is -1.75. The van der Waals surface area contributed by atoms with E-state index in [1.807, 2.05) is 26.8 Å². The fourth-order valence-electron chi connectivity index (χ4n) is 0.493. The maximum atomic E-state index is 3.80. The van der Waals surface area contributed by atoms with Crippen molar-refractivity contribution in [2.24, 2.45) is 0 Å². The van der Waals surface area contributed by atoms with Gasteiger partial charge < -0.3 is 0 Å². The first kappa shape index (κ1) is 16.7. The summed E-state index contributed by atoms with van der Waals surface area (Å²) >= 11 is 0. The van der Waals surface area contributed by atoms with Gasteiger partial charge in [0.1, 0.15) is 0 Å². The van der Waals surface area contributed by atoms with Gasteiger partial charge in [-0.15, -0.1) is 0 Å². The van der Waals surface area contributed by atoms with Gasteiger partial charge in [-0.1, -0.05) is 45.2 Å². The first-order chi connectivity index (χ1) is 4.04. The molecule has 0 aliphatic carbocycles. The van der Waals surface area contributed by atoms with Crippen LogP contribution in [-0.4, -0.2) is 0 Å². The molecule has 0 spiro atoms. The summed E-state index contributed by atoms with van der Waals surface area (Å²) in [4.78, 5) is 0. The van der Waals surface area contributed by atoms with Crippen LogP contribution >= 0.6 is 0 Å². The van der Waals surface area contributed by atoms with Crippen LogP contribution in [0.5, 0.6) is 0 Å². The summed E-state index contributed by atoms with van der Waals surface area (Å²) in [7, 11) is 0. The van der Waals surface area contributed by atoms with Gasteiger partial charge in [0, 0.05) is 0 Å². The van der Waals surface area contributed by atoms with E-state index < -0.39 is 0 Å². The van der Waals surface area contributed by atoms with Crippen LogP contribution in [0.3, 0.4) is 0 Å². The molecule has 0 aliphatic rings. The third-order valence-electron chi connectivity index (χ3n) is 1.14. The van der Waals surface area contributed by atoms with Crippen molar-refractivity contribution in [3.05, 3.63) is 36.0 Å². The molecule has 0 fully saturated rings. The standard InChI is InChI=1S/C9H14.2CH4/c1-7(2)6-9(5)8(3)4;;/h6H,1,3H2,2,4-5H3;2*1H4/b9-6-;;.